The van der Waals surface area contributed by atoms with E-state index >= 15 is 0 Å². The van der Waals surface area contributed by atoms with Crippen LogP contribution >= 0.6 is 0 Å². The number of hydrogen-bond donors (Lipinski definition) is 1. The molecule has 0 saturated heterocycles. The Morgan fingerprint density at radius 2 is 1.61 bits per heavy atom. The van der Waals surface area contributed by atoms with Gasteiger partial charge in [-0.2, -0.15) is 0 Å². The van der Waals surface area contributed by atoms with E-state index in [9.17, 15) is 0 Å². The summed E-state index contributed by atoms with van der Waals surface area (Å²) in [4.78, 5) is 0. The molecule has 0 aromatic heterocycles. The number of allylic oxidation sites excluding steroid dienone is 2. The van der Waals surface area contributed by atoms with E-state index < -0.39 is 8.07 Å². The van der Waals surface area contributed by atoms with Crippen LogP contribution in [0.2, 0.25) is 19.6 Å². The van der Waals surface area contributed by atoms with Crippen molar-refractivity contribution in [1.82, 2.24) is 0 Å². The predicted molar refractivity (Wildman–Crippen MR) is 126 cm³/mol. The Morgan fingerprint density at radius 3 is 2.14 bits per heavy atom. The predicted octanol–water partition coefficient (Wildman–Crippen LogP) is 6.39. The SMILES string of the molecule is Cc1ccc(C(C)(C)C)cc1C1([Si](C)(C)C)C=CC(c2ccccc2)=CC1N. The van der Waals surface area contributed by atoms with Crippen molar-refractivity contribution < 1.29 is 0 Å². The molecule has 0 radical (unpaired) electrons. The second kappa shape index (κ2) is 7.17. The van der Waals surface area contributed by atoms with Gasteiger partial charge in [0.2, 0.25) is 0 Å². The minimum Gasteiger partial charge on any atom is -0.324 e. The summed E-state index contributed by atoms with van der Waals surface area (Å²) in [7, 11) is -1.71. The van der Waals surface area contributed by atoms with Crippen molar-refractivity contribution >= 4 is 13.6 Å². The Kier molecular flexibility index (Phi) is 5.33. The third-order valence-corrected chi connectivity index (χ3v) is 9.56. The molecule has 0 fully saturated rings. The van der Waals surface area contributed by atoms with E-state index in [0.717, 1.165) is 0 Å². The van der Waals surface area contributed by atoms with Gasteiger partial charge in [-0.25, -0.2) is 0 Å². The molecule has 1 aliphatic carbocycles. The number of benzene rings is 2. The average Bonchev–Trinajstić information content (AvgIpc) is 2.61. The Labute approximate surface area is 172 Å². The summed E-state index contributed by atoms with van der Waals surface area (Å²) >= 11 is 0. The molecule has 2 aromatic rings. The van der Waals surface area contributed by atoms with Gasteiger partial charge in [0.15, 0.2) is 0 Å². The van der Waals surface area contributed by atoms with Crippen molar-refractivity contribution in [2.75, 3.05) is 0 Å². The van der Waals surface area contributed by atoms with Gasteiger partial charge >= 0.3 is 0 Å². The first kappa shape index (κ1) is 20.8. The van der Waals surface area contributed by atoms with Gasteiger partial charge in [-0.3, -0.25) is 0 Å². The van der Waals surface area contributed by atoms with Crippen molar-refractivity contribution in [3.63, 3.8) is 0 Å². The first-order valence-electron chi connectivity index (χ1n) is 10.3. The second-order valence-corrected chi connectivity index (χ2v) is 15.6. The molecule has 2 aromatic carbocycles. The van der Waals surface area contributed by atoms with Crippen LogP contribution in [0.1, 0.15) is 43.0 Å². The van der Waals surface area contributed by atoms with Crippen molar-refractivity contribution in [3.05, 3.63) is 89.0 Å². The number of nitrogens with two attached hydrogens (primary N) is 1. The fourth-order valence-corrected chi connectivity index (χ4v) is 7.24. The third-order valence-electron chi connectivity index (χ3n) is 6.31. The molecule has 2 N–H and O–H groups in total. The van der Waals surface area contributed by atoms with Gasteiger partial charge in [-0.1, -0.05) is 107 Å². The normalized spacial score (nSPS) is 22.9. The highest BCUT2D eigenvalue weighted by Crippen LogP contribution is 2.45. The van der Waals surface area contributed by atoms with Gasteiger partial charge in [-0.05, 0) is 40.2 Å². The molecule has 0 bridgehead atoms. The topological polar surface area (TPSA) is 26.0 Å². The van der Waals surface area contributed by atoms with Crippen molar-refractivity contribution in [3.8, 4) is 0 Å². The highest BCUT2D eigenvalue weighted by molar-refractivity contribution is 6.80. The fourth-order valence-electron chi connectivity index (χ4n) is 4.49. The van der Waals surface area contributed by atoms with Gasteiger partial charge in [-0.15, -0.1) is 0 Å². The second-order valence-electron chi connectivity index (χ2n) is 10.2. The molecule has 1 nitrogen and oxygen atoms in total. The van der Waals surface area contributed by atoms with Crippen LogP contribution in [0.5, 0.6) is 0 Å². The largest absolute Gasteiger partial charge is 0.324 e. The zero-order valence-electron chi connectivity index (χ0n) is 18.5. The zero-order chi connectivity index (χ0) is 20.7. The van der Waals surface area contributed by atoms with Crippen LogP contribution in [0.4, 0.5) is 0 Å². The summed E-state index contributed by atoms with van der Waals surface area (Å²) in [6.07, 6.45) is 7.03. The molecule has 2 heteroatoms. The Hall–Kier alpha value is -1.90. The third kappa shape index (κ3) is 3.56. The molecule has 0 heterocycles. The first-order chi connectivity index (χ1) is 13.0. The molecule has 0 aliphatic heterocycles. The quantitative estimate of drug-likeness (QED) is 0.605. The summed E-state index contributed by atoms with van der Waals surface area (Å²) < 4.78 is 0. The van der Waals surface area contributed by atoms with Gasteiger partial charge in [0, 0.05) is 11.1 Å². The molecule has 28 heavy (non-hydrogen) atoms. The van der Waals surface area contributed by atoms with Crippen molar-refractivity contribution in [1.29, 1.82) is 0 Å². The molecule has 2 unspecified atom stereocenters. The molecule has 0 saturated carbocycles. The van der Waals surface area contributed by atoms with E-state index in [1.807, 2.05) is 0 Å². The fraction of sp³-hybridized carbons (Fsp3) is 0.385. The van der Waals surface area contributed by atoms with Crippen LogP contribution in [0.3, 0.4) is 0 Å². The maximum atomic E-state index is 6.99. The molecule has 3 rings (SSSR count). The summed E-state index contributed by atoms with van der Waals surface area (Å²) in [5.74, 6) is 0. The molecule has 148 valence electrons. The first-order valence-corrected chi connectivity index (χ1v) is 13.8. The van der Waals surface area contributed by atoms with E-state index in [1.54, 1.807) is 0 Å². The van der Waals surface area contributed by atoms with Crippen LogP contribution in [0.25, 0.3) is 5.57 Å². The number of hydrogen-bond acceptors (Lipinski definition) is 1. The van der Waals surface area contributed by atoms with Gasteiger partial charge < -0.3 is 5.73 Å². The standard InChI is InChI=1S/C26H35NSi/c1-19-13-14-22(25(2,3)4)18-23(19)26(28(5,6)7)16-15-21(17-24(26)27)20-11-9-8-10-12-20/h8-18,24H,27H2,1-7H3. The average molecular weight is 390 g/mol. The lowest BCUT2D eigenvalue weighted by molar-refractivity contribution is 0.578. The van der Waals surface area contributed by atoms with Crippen LogP contribution in [0.15, 0.2) is 66.8 Å². The Balaban J connectivity index is 2.18. The molecule has 1 aliphatic rings. The summed E-state index contributed by atoms with van der Waals surface area (Å²) in [5.41, 5.74) is 13.7. The molecule has 0 amide bonds. The van der Waals surface area contributed by atoms with E-state index in [1.165, 1.54) is 27.8 Å². The van der Waals surface area contributed by atoms with Gasteiger partial charge in [0.05, 0.1) is 8.07 Å². The highest BCUT2D eigenvalue weighted by atomic mass is 28.3. The van der Waals surface area contributed by atoms with Crippen LogP contribution < -0.4 is 5.73 Å². The summed E-state index contributed by atoms with van der Waals surface area (Å²) in [5, 5.41) is -0.114. The van der Waals surface area contributed by atoms with Crippen LogP contribution in [0, 0.1) is 6.92 Å². The molecule has 2 atom stereocenters. The lowest BCUT2D eigenvalue weighted by atomic mass is 9.78. The highest BCUT2D eigenvalue weighted by Gasteiger charge is 2.48. The smallest absolute Gasteiger partial charge is 0.0629 e. The Bertz CT molecular complexity index is 910. The van der Waals surface area contributed by atoms with Crippen molar-refractivity contribution in [2.24, 2.45) is 5.73 Å². The lowest BCUT2D eigenvalue weighted by Gasteiger charge is -2.48. The summed E-state index contributed by atoms with van der Waals surface area (Å²) in [6.45, 7) is 16.4. The van der Waals surface area contributed by atoms with E-state index in [-0.39, 0.29) is 16.5 Å². The minimum absolute atomic E-state index is 0.0340. The number of aryl methyl sites for hydroxylation is 1. The van der Waals surface area contributed by atoms with E-state index in [2.05, 4.69) is 114 Å². The maximum Gasteiger partial charge on any atom is 0.0629 e. The lowest BCUT2D eigenvalue weighted by Crippen LogP contribution is -2.59. The maximum absolute atomic E-state index is 6.99. The van der Waals surface area contributed by atoms with E-state index in [4.69, 9.17) is 5.73 Å². The number of rotatable bonds is 3. The molecular formula is C26H35NSi. The van der Waals surface area contributed by atoms with E-state index in [0.29, 0.717) is 0 Å². The van der Waals surface area contributed by atoms with Crippen molar-refractivity contribution in [2.45, 2.75) is 63.8 Å². The summed E-state index contributed by atoms with van der Waals surface area (Å²) in [6, 6.07) is 17.5. The van der Waals surface area contributed by atoms with Crippen LogP contribution in [-0.2, 0) is 10.5 Å². The van der Waals surface area contributed by atoms with Gasteiger partial charge in [0.25, 0.3) is 0 Å². The van der Waals surface area contributed by atoms with Crippen LogP contribution in [-0.4, -0.2) is 14.1 Å². The molecule has 0 spiro atoms. The molecular weight excluding hydrogens is 354 g/mol. The monoisotopic (exact) mass is 389 g/mol. The zero-order valence-corrected chi connectivity index (χ0v) is 19.5. The minimum atomic E-state index is -1.71. The van der Waals surface area contributed by atoms with Gasteiger partial charge in [0.1, 0.15) is 0 Å². The Morgan fingerprint density at radius 1 is 0.964 bits per heavy atom.